The van der Waals surface area contributed by atoms with Crippen molar-refractivity contribution >= 4 is 5.97 Å². The summed E-state index contributed by atoms with van der Waals surface area (Å²) < 4.78 is 10.9. The monoisotopic (exact) mass is 279 g/mol. The largest absolute Gasteiger partial charge is 0.478 e. The van der Waals surface area contributed by atoms with Crippen molar-refractivity contribution in [2.45, 2.75) is 46.6 Å². The smallest absolute Gasteiger partial charge is 0.347 e. The molecule has 1 aromatic carbocycles. The Morgan fingerprint density at radius 2 is 1.85 bits per heavy atom. The third-order valence-electron chi connectivity index (χ3n) is 3.13. The molecule has 0 aromatic heterocycles. The molecular weight excluding hydrogens is 254 g/mol. The van der Waals surface area contributed by atoms with Gasteiger partial charge in [0.1, 0.15) is 5.75 Å². The summed E-state index contributed by atoms with van der Waals surface area (Å²) in [4.78, 5) is 11.8. The van der Waals surface area contributed by atoms with Gasteiger partial charge in [-0.15, -0.1) is 0 Å². The van der Waals surface area contributed by atoms with Gasteiger partial charge in [-0.2, -0.15) is 0 Å². The van der Waals surface area contributed by atoms with Gasteiger partial charge in [0.25, 0.3) is 0 Å². The third-order valence-corrected chi connectivity index (χ3v) is 3.13. The minimum Gasteiger partial charge on any atom is -0.478 e. The predicted octanol–water partition coefficient (Wildman–Crippen LogP) is 2.53. The topological polar surface area (TPSA) is 61.5 Å². The van der Waals surface area contributed by atoms with Gasteiger partial charge >= 0.3 is 5.97 Å². The molecule has 1 aromatic rings. The van der Waals surface area contributed by atoms with Crippen molar-refractivity contribution in [2.75, 3.05) is 13.2 Å². The van der Waals surface area contributed by atoms with Gasteiger partial charge in [-0.25, -0.2) is 4.79 Å². The molecule has 4 heteroatoms. The predicted molar refractivity (Wildman–Crippen MR) is 80.0 cm³/mol. The van der Waals surface area contributed by atoms with Crippen LogP contribution in [0.3, 0.4) is 0 Å². The first-order valence-electron chi connectivity index (χ1n) is 7.16. The van der Waals surface area contributed by atoms with Crippen molar-refractivity contribution in [1.82, 2.24) is 0 Å². The molecule has 0 aliphatic heterocycles. The summed E-state index contributed by atoms with van der Waals surface area (Å²) in [5.41, 5.74) is 8.82. The molecule has 0 heterocycles. The van der Waals surface area contributed by atoms with E-state index in [1.807, 2.05) is 20.8 Å². The zero-order valence-corrected chi connectivity index (χ0v) is 12.9. The molecule has 0 amide bonds. The highest BCUT2D eigenvalue weighted by Gasteiger charge is 2.21. The highest BCUT2D eigenvalue weighted by atomic mass is 16.6. The van der Waals surface area contributed by atoms with Crippen LogP contribution in [0.1, 0.15) is 37.0 Å². The van der Waals surface area contributed by atoms with Gasteiger partial charge < -0.3 is 15.2 Å². The molecule has 2 N–H and O–H groups in total. The Morgan fingerprint density at radius 3 is 2.30 bits per heavy atom. The fourth-order valence-electron chi connectivity index (χ4n) is 2.21. The van der Waals surface area contributed by atoms with Crippen molar-refractivity contribution in [3.05, 3.63) is 28.8 Å². The van der Waals surface area contributed by atoms with Gasteiger partial charge in [0.2, 0.25) is 0 Å². The molecule has 0 radical (unpaired) electrons. The zero-order valence-electron chi connectivity index (χ0n) is 12.9. The summed E-state index contributed by atoms with van der Waals surface area (Å²) in [5, 5.41) is 0. The van der Waals surface area contributed by atoms with Crippen LogP contribution in [0.4, 0.5) is 0 Å². The fourth-order valence-corrected chi connectivity index (χ4v) is 2.21. The van der Waals surface area contributed by atoms with Crippen molar-refractivity contribution in [1.29, 1.82) is 0 Å². The lowest BCUT2D eigenvalue weighted by Gasteiger charge is -2.20. The SMILES string of the molecule is CCOC(=O)C(CC)Oc1c(C)cc(CCN)cc1C. The Bertz CT molecular complexity index is 434. The van der Waals surface area contributed by atoms with E-state index in [0.29, 0.717) is 19.6 Å². The lowest BCUT2D eigenvalue weighted by Crippen LogP contribution is -2.29. The maximum Gasteiger partial charge on any atom is 0.347 e. The van der Waals surface area contributed by atoms with Gasteiger partial charge in [0.15, 0.2) is 6.10 Å². The van der Waals surface area contributed by atoms with E-state index in [2.05, 4.69) is 12.1 Å². The number of aryl methyl sites for hydroxylation is 2. The van der Waals surface area contributed by atoms with Crippen LogP contribution in [-0.2, 0) is 16.0 Å². The minimum atomic E-state index is -0.548. The number of benzene rings is 1. The first-order chi connectivity index (χ1) is 9.53. The van der Waals surface area contributed by atoms with Crippen LogP contribution < -0.4 is 10.5 Å². The fraction of sp³-hybridized carbons (Fsp3) is 0.562. The number of ether oxygens (including phenoxy) is 2. The third kappa shape index (κ3) is 4.23. The summed E-state index contributed by atoms with van der Waals surface area (Å²) in [6, 6.07) is 4.13. The first-order valence-corrected chi connectivity index (χ1v) is 7.16. The number of carbonyl (C=O) groups excluding carboxylic acids is 1. The van der Waals surface area contributed by atoms with Crippen LogP contribution >= 0.6 is 0 Å². The van der Waals surface area contributed by atoms with Gasteiger partial charge in [0.05, 0.1) is 6.61 Å². The van der Waals surface area contributed by atoms with Crippen molar-refractivity contribution in [2.24, 2.45) is 5.73 Å². The molecule has 1 unspecified atom stereocenters. The van der Waals surface area contributed by atoms with Crippen LogP contribution in [0.2, 0.25) is 0 Å². The van der Waals surface area contributed by atoms with E-state index in [1.165, 1.54) is 5.56 Å². The minimum absolute atomic E-state index is 0.306. The molecule has 0 aliphatic rings. The summed E-state index contributed by atoms with van der Waals surface area (Å²) in [6.45, 7) is 8.67. The molecule has 112 valence electrons. The van der Waals surface area contributed by atoms with E-state index in [-0.39, 0.29) is 5.97 Å². The van der Waals surface area contributed by atoms with Crippen LogP contribution in [0.15, 0.2) is 12.1 Å². The Morgan fingerprint density at radius 1 is 1.25 bits per heavy atom. The normalized spacial score (nSPS) is 12.1. The van der Waals surface area contributed by atoms with Crippen LogP contribution in [0.5, 0.6) is 5.75 Å². The molecule has 0 spiro atoms. The zero-order chi connectivity index (χ0) is 15.1. The summed E-state index contributed by atoms with van der Waals surface area (Å²) in [6.07, 6.45) is 0.881. The number of hydrogen-bond donors (Lipinski definition) is 1. The van der Waals surface area contributed by atoms with E-state index in [0.717, 1.165) is 23.3 Å². The number of esters is 1. The Hall–Kier alpha value is -1.55. The first kappa shape index (κ1) is 16.5. The summed E-state index contributed by atoms with van der Waals surface area (Å²) in [5.74, 6) is 0.463. The van der Waals surface area contributed by atoms with E-state index >= 15 is 0 Å². The number of rotatable bonds is 7. The highest BCUT2D eigenvalue weighted by molar-refractivity contribution is 5.75. The Kier molecular flexibility index (Phi) is 6.52. The quantitative estimate of drug-likeness (QED) is 0.779. The summed E-state index contributed by atoms with van der Waals surface area (Å²) >= 11 is 0. The van der Waals surface area contributed by atoms with Crippen LogP contribution in [0.25, 0.3) is 0 Å². The standard InChI is InChI=1S/C16H25NO3/c1-5-14(16(18)19-6-2)20-15-11(3)9-13(7-8-17)10-12(15)4/h9-10,14H,5-8,17H2,1-4H3. The van der Waals surface area contributed by atoms with Gasteiger partial charge in [-0.3, -0.25) is 0 Å². The van der Waals surface area contributed by atoms with Crippen molar-refractivity contribution in [3.8, 4) is 5.75 Å². The van der Waals surface area contributed by atoms with E-state index in [9.17, 15) is 4.79 Å². The number of nitrogens with two attached hydrogens (primary N) is 1. The molecule has 0 saturated carbocycles. The molecule has 20 heavy (non-hydrogen) atoms. The molecule has 1 rings (SSSR count). The maximum atomic E-state index is 11.8. The van der Waals surface area contributed by atoms with Gasteiger partial charge in [-0.05, 0) is 56.8 Å². The van der Waals surface area contributed by atoms with E-state index in [4.69, 9.17) is 15.2 Å². The van der Waals surface area contributed by atoms with Crippen LogP contribution in [-0.4, -0.2) is 25.2 Å². The highest BCUT2D eigenvalue weighted by Crippen LogP contribution is 2.26. The molecule has 0 fully saturated rings. The molecule has 1 atom stereocenters. The maximum absolute atomic E-state index is 11.8. The van der Waals surface area contributed by atoms with E-state index in [1.54, 1.807) is 6.92 Å². The van der Waals surface area contributed by atoms with E-state index < -0.39 is 6.10 Å². The molecule has 4 nitrogen and oxygen atoms in total. The lowest BCUT2D eigenvalue weighted by atomic mass is 10.0. The second-order valence-electron chi connectivity index (χ2n) is 4.86. The van der Waals surface area contributed by atoms with Gasteiger partial charge in [0, 0.05) is 0 Å². The summed E-state index contributed by atoms with van der Waals surface area (Å²) in [7, 11) is 0. The molecule has 0 saturated heterocycles. The Labute approximate surface area is 121 Å². The van der Waals surface area contributed by atoms with Crippen LogP contribution in [0, 0.1) is 13.8 Å². The average molecular weight is 279 g/mol. The van der Waals surface area contributed by atoms with Crippen molar-refractivity contribution in [3.63, 3.8) is 0 Å². The second kappa shape index (κ2) is 7.90. The second-order valence-corrected chi connectivity index (χ2v) is 4.86. The molecule has 0 aliphatic carbocycles. The lowest BCUT2D eigenvalue weighted by molar-refractivity contribution is -0.151. The molecule has 0 bridgehead atoms. The average Bonchev–Trinajstić information content (AvgIpc) is 2.38. The number of hydrogen-bond acceptors (Lipinski definition) is 4. The van der Waals surface area contributed by atoms with Crippen molar-refractivity contribution < 1.29 is 14.3 Å². The molecular formula is C16H25NO3. The van der Waals surface area contributed by atoms with Gasteiger partial charge in [-0.1, -0.05) is 19.1 Å². The Balaban J connectivity index is 2.93. The number of carbonyl (C=O) groups is 1.